The van der Waals surface area contributed by atoms with Gasteiger partial charge in [-0.05, 0) is 187 Å². The van der Waals surface area contributed by atoms with Gasteiger partial charge >= 0.3 is 0 Å². The quantitative estimate of drug-likeness (QED) is 0.136. The molecule has 0 spiro atoms. The van der Waals surface area contributed by atoms with Gasteiger partial charge in [0.15, 0.2) is 0 Å². The van der Waals surface area contributed by atoms with Crippen molar-refractivity contribution in [2.45, 2.75) is 0 Å². The molecule has 0 saturated carbocycles. The van der Waals surface area contributed by atoms with E-state index in [1.54, 1.807) is 0 Å². The van der Waals surface area contributed by atoms with E-state index >= 15 is 0 Å². The lowest BCUT2D eigenvalue weighted by Crippen LogP contribution is -1.96. The highest BCUT2D eigenvalue weighted by atomic mass is 32.1. The zero-order valence-electron chi connectivity index (χ0n) is 77.2. The Morgan fingerprint density at radius 2 is 0.389 bits per heavy atom. The first-order valence-corrected chi connectivity index (χ1v) is 49.9. The molecule has 10 nitrogen and oxygen atoms in total. The van der Waals surface area contributed by atoms with E-state index in [-0.39, 0.29) is 0 Å². The van der Waals surface area contributed by atoms with Crippen molar-refractivity contribution in [1.82, 2.24) is 39.9 Å². The van der Waals surface area contributed by atoms with E-state index in [1.807, 2.05) is 108 Å². The van der Waals surface area contributed by atoms with Crippen molar-refractivity contribution < 1.29 is 8.83 Å². The van der Waals surface area contributed by atoms with Crippen LogP contribution in [0.1, 0.15) is 0 Å². The zero-order valence-corrected chi connectivity index (χ0v) is 78.9. The summed E-state index contributed by atoms with van der Waals surface area (Å²) in [5.74, 6) is 0. The highest BCUT2D eigenvalue weighted by molar-refractivity contribution is 7.26. The third-order valence-corrected chi connectivity index (χ3v) is 30.1. The molecule has 0 aliphatic rings. The number of thiophene rings is 2. The van der Waals surface area contributed by atoms with E-state index in [0.717, 1.165) is 221 Å². The number of hydrogen-bond acceptors (Lipinski definition) is 12. The molecule has 0 amide bonds. The Bertz CT molecular complexity index is 10300. The molecule has 0 bridgehead atoms. The fourth-order valence-corrected chi connectivity index (χ4v) is 23.1. The van der Waals surface area contributed by atoms with Crippen molar-refractivity contribution in [3.63, 3.8) is 0 Å². The highest BCUT2D eigenvalue weighted by Gasteiger charge is 2.24. The molecule has 31 rings (SSSR count). The third-order valence-electron chi connectivity index (χ3n) is 27.9. The summed E-state index contributed by atoms with van der Waals surface area (Å²) in [6.07, 6.45) is 0. The normalized spacial score (nSPS) is 11.8. The number of rotatable bonds is 8. The summed E-state index contributed by atoms with van der Waals surface area (Å²) in [6, 6.07) is 165. The molecular weight excluding hydrogens is 1790 g/mol. The number of furan rings is 2. The van der Waals surface area contributed by atoms with E-state index in [1.165, 1.54) is 72.7 Å². The largest absolute Gasteiger partial charge is 0.456 e. The van der Waals surface area contributed by atoms with Crippen LogP contribution in [0.5, 0.6) is 0 Å². The van der Waals surface area contributed by atoms with Crippen molar-refractivity contribution in [2.75, 3.05) is 0 Å². The molecule has 144 heavy (non-hydrogen) atoms. The maximum atomic E-state index is 6.11. The topological polar surface area (TPSA) is 129 Å². The molecule has 0 N–H and O–H groups in total. The smallest absolute Gasteiger partial charge is 0.136 e. The van der Waals surface area contributed by atoms with Crippen molar-refractivity contribution in [1.29, 1.82) is 0 Å². The van der Waals surface area contributed by atoms with E-state index in [2.05, 4.69) is 388 Å². The van der Waals surface area contributed by atoms with Crippen LogP contribution in [0.3, 0.4) is 0 Å². The fraction of sp³-hybridized carbons (Fsp3) is 0. The van der Waals surface area contributed by atoms with Crippen LogP contribution in [-0.2, 0) is 0 Å². The molecular formula is C132H78N8O2S2. The number of fused-ring (bicyclic) bond motifs is 26. The van der Waals surface area contributed by atoms with E-state index in [9.17, 15) is 0 Å². The average Bonchev–Trinajstić information content (AvgIpc) is 1.41. The summed E-state index contributed by atoms with van der Waals surface area (Å²) in [5.41, 5.74) is 26.6. The first-order valence-electron chi connectivity index (χ1n) is 48.3. The summed E-state index contributed by atoms with van der Waals surface area (Å²) in [4.78, 5) is 41.4. The molecule has 0 fully saturated rings. The van der Waals surface area contributed by atoms with Gasteiger partial charge in [0.1, 0.15) is 22.3 Å². The Morgan fingerprint density at radius 1 is 0.132 bits per heavy atom. The molecule has 0 atom stereocenters. The summed E-state index contributed by atoms with van der Waals surface area (Å²) in [6.45, 7) is 0. The molecule has 0 radical (unpaired) electrons. The van der Waals surface area contributed by atoms with Crippen molar-refractivity contribution in [3.8, 4) is 90.1 Å². The van der Waals surface area contributed by atoms with Gasteiger partial charge in [-0.1, -0.05) is 346 Å². The van der Waals surface area contributed by atoms with Crippen molar-refractivity contribution in [2.24, 2.45) is 0 Å². The molecule has 8 aromatic heterocycles. The monoisotopic (exact) mass is 1870 g/mol. The molecule has 31 aromatic rings. The van der Waals surface area contributed by atoms with Gasteiger partial charge in [-0.3, -0.25) is 0 Å². The Hall–Kier alpha value is -18.7. The van der Waals surface area contributed by atoms with Crippen LogP contribution in [0.15, 0.2) is 482 Å². The summed E-state index contributed by atoms with van der Waals surface area (Å²) < 4.78 is 17.5. The van der Waals surface area contributed by atoms with Gasteiger partial charge in [0.2, 0.25) is 0 Å². The Labute approximate surface area is 832 Å². The summed E-state index contributed by atoms with van der Waals surface area (Å²) >= 11 is 3.71. The summed E-state index contributed by atoms with van der Waals surface area (Å²) in [5, 5.41) is 26.1. The molecule has 12 heteroatoms. The van der Waals surface area contributed by atoms with Gasteiger partial charge in [-0.15, -0.1) is 22.7 Å². The molecule has 670 valence electrons. The number of benzene rings is 23. The molecule has 0 unspecified atom stereocenters. The van der Waals surface area contributed by atoms with Crippen LogP contribution in [0.25, 0.3) is 294 Å². The van der Waals surface area contributed by atoms with Crippen LogP contribution in [0.2, 0.25) is 0 Å². The predicted octanol–water partition coefficient (Wildman–Crippen LogP) is 36.5. The second-order valence-electron chi connectivity index (χ2n) is 36.6. The van der Waals surface area contributed by atoms with Gasteiger partial charge in [0.25, 0.3) is 0 Å². The van der Waals surface area contributed by atoms with Crippen molar-refractivity contribution in [3.05, 3.63) is 473 Å². The zero-order chi connectivity index (χ0) is 94.8. The highest BCUT2D eigenvalue weighted by Crippen LogP contribution is 2.46. The molecule has 0 saturated heterocycles. The fourth-order valence-electron chi connectivity index (χ4n) is 20.8. The minimum Gasteiger partial charge on any atom is -0.456 e. The number of aromatic nitrogens is 8. The van der Waals surface area contributed by atoms with Gasteiger partial charge in [0.05, 0.1) is 89.7 Å². The predicted molar refractivity (Wildman–Crippen MR) is 605 cm³/mol. The van der Waals surface area contributed by atoms with Crippen LogP contribution in [0, 0.1) is 0 Å². The maximum absolute atomic E-state index is 6.11. The number of nitrogens with zero attached hydrogens (tertiary/aromatic N) is 8. The lowest BCUT2D eigenvalue weighted by Gasteiger charge is -2.13. The Kier molecular flexibility index (Phi) is 20.1. The molecule has 8 heterocycles. The Balaban J connectivity index is 0.0000000935. The third kappa shape index (κ3) is 14.9. The molecule has 0 aliphatic carbocycles. The summed E-state index contributed by atoms with van der Waals surface area (Å²) in [7, 11) is 0. The van der Waals surface area contributed by atoms with Crippen LogP contribution in [0.4, 0.5) is 0 Å². The van der Waals surface area contributed by atoms with E-state index in [0.29, 0.717) is 0 Å². The lowest BCUT2D eigenvalue weighted by molar-refractivity contribution is 0.669. The lowest BCUT2D eigenvalue weighted by atomic mass is 9.99. The molecule has 0 aliphatic heterocycles. The van der Waals surface area contributed by atoms with Crippen LogP contribution in [-0.4, -0.2) is 39.9 Å². The number of para-hydroxylation sites is 4. The average molecular weight is 1870 g/mol. The first-order chi connectivity index (χ1) is 71.3. The van der Waals surface area contributed by atoms with Gasteiger partial charge in [-0.2, -0.15) is 0 Å². The second kappa shape index (κ2) is 34.7. The Morgan fingerprint density at radius 3 is 0.743 bits per heavy atom. The van der Waals surface area contributed by atoms with E-state index < -0.39 is 0 Å². The van der Waals surface area contributed by atoms with Gasteiger partial charge in [-0.25, -0.2) is 39.9 Å². The first kappa shape index (κ1) is 83.4. The van der Waals surface area contributed by atoms with Crippen molar-refractivity contribution >= 4 is 226 Å². The number of hydrogen-bond donors (Lipinski definition) is 0. The van der Waals surface area contributed by atoms with Gasteiger partial charge < -0.3 is 8.83 Å². The van der Waals surface area contributed by atoms with E-state index in [4.69, 9.17) is 48.7 Å². The SMILES string of the molecule is c1ccc(-c2nc3c(ccc4ccccc43)nc2-c2ccc3cc4oc5ccccc5c4cc3c2)cc1.c1ccc(-c2nc3c(ccc4ccccc43)nc2-c2ccc3cc4sc5ccccc5c4cc3c2)cc1.c1ccc(-c2nc3ccc4ccccc4c3nc2-c2ccc3cc4sc5ccccc5c4cc3c2)cc1.c1ccc(-c2nc3ccccc3nc2-c2ccc3cc4oc5ccccc5c4cc3c2)cc1. The standard InChI is InChI=1S/C34H20N2O.2C34H20N2S.C30H18N2O/c2*1-2-9-22(10-3-1)32-33(35-29-17-16-21-8-4-5-11-26(21)34(29)36-32)24-15-14-23-20-31-28(19-25(23)18-24)27-12-6-7-13-30(27)37-31;1-2-9-22(10-3-1)32-33(36-34-26-11-5-4-8-21(26)16-17-29(34)35-32)24-15-14-23-20-31-28(19-25(23)18-24)27-12-6-7-13-30(27)37-31;1-2-8-19(9-3-1)29-30(32-26-12-6-5-11-25(26)31-29)21-15-14-20-18-28-24(17-22(20)16-21)23-10-4-7-13-27(23)33-28/h3*1-20H;1-18H. The van der Waals surface area contributed by atoms with Crippen LogP contribution < -0.4 is 0 Å². The molecule has 23 aromatic carbocycles. The maximum Gasteiger partial charge on any atom is 0.136 e. The van der Waals surface area contributed by atoms with Gasteiger partial charge in [0, 0.05) is 123 Å². The minimum absolute atomic E-state index is 0.882. The minimum atomic E-state index is 0.882. The van der Waals surface area contributed by atoms with Crippen LogP contribution >= 0.6 is 22.7 Å². The second-order valence-corrected chi connectivity index (χ2v) is 38.8.